The van der Waals surface area contributed by atoms with Crippen LogP contribution in [0.25, 0.3) is 0 Å². The second-order valence-electron chi connectivity index (χ2n) is 6.35. The van der Waals surface area contributed by atoms with E-state index in [4.69, 9.17) is 0 Å². The fourth-order valence-electron chi connectivity index (χ4n) is 2.53. The molecule has 12 heteroatoms. The first-order chi connectivity index (χ1) is 15.2. The van der Waals surface area contributed by atoms with Crippen LogP contribution in [0.15, 0.2) is 82.2 Å². The Morgan fingerprint density at radius 2 is 1.38 bits per heavy atom. The first-order valence-corrected chi connectivity index (χ1v) is 11.2. The third-order valence-corrected chi connectivity index (χ3v) is 6.04. The number of hydrazine groups is 1. The van der Waals surface area contributed by atoms with Crippen molar-refractivity contribution in [3.8, 4) is 0 Å². The summed E-state index contributed by atoms with van der Waals surface area (Å²) < 4.78 is 28.0. The minimum Gasteiger partial charge on any atom is -0.280 e. The zero-order chi connectivity index (χ0) is 23.3. The summed E-state index contributed by atoms with van der Waals surface area (Å²) in [5.74, 6) is -1.12. The van der Waals surface area contributed by atoms with Gasteiger partial charge >= 0.3 is 0 Å². The largest absolute Gasteiger partial charge is 0.280 e. The molecule has 2 amide bonds. The molecule has 0 spiro atoms. The fourth-order valence-corrected chi connectivity index (χ4v) is 3.89. The van der Waals surface area contributed by atoms with Gasteiger partial charge in [0.15, 0.2) is 0 Å². The molecule has 0 saturated carbocycles. The SMILES string of the molecule is O=C(NNC(=O)c1ccc(NS(=O)(=O)c2cccc([N+](=O)[O-])c2)cc1)c1ccc(Br)cc1. The van der Waals surface area contributed by atoms with Gasteiger partial charge in [-0.15, -0.1) is 0 Å². The molecule has 32 heavy (non-hydrogen) atoms. The summed E-state index contributed by atoms with van der Waals surface area (Å²) in [4.78, 5) is 34.1. The average Bonchev–Trinajstić information content (AvgIpc) is 2.78. The lowest BCUT2D eigenvalue weighted by Gasteiger charge is -2.10. The number of carbonyl (C=O) groups is 2. The lowest BCUT2D eigenvalue weighted by atomic mass is 10.2. The Bertz CT molecular complexity index is 1280. The van der Waals surface area contributed by atoms with Gasteiger partial charge in [0.25, 0.3) is 27.5 Å². The molecule has 0 fully saturated rings. The van der Waals surface area contributed by atoms with E-state index in [0.717, 1.165) is 10.5 Å². The maximum absolute atomic E-state index is 12.5. The number of nitro groups is 1. The van der Waals surface area contributed by atoms with Crippen LogP contribution in [0.1, 0.15) is 20.7 Å². The normalized spacial score (nSPS) is 10.8. The van der Waals surface area contributed by atoms with Crippen molar-refractivity contribution >= 4 is 49.1 Å². The first-order valence-electron chi connectivity index (χ1n) is 8.89. The van der Waals surface area contributed by atoms with Gasteiger partial charge in [0, 0.05) is 33.4 Å². The minimum absolute atomic E-state index is 0.145. The molecule has 0 saturated heterocycles. The van der Waals surface area contributed by atoms with E-state index in [1.807, 2.05) is 0 Å². The quantitative estimate of drug-likeness (QED) is 0.337. The van der Waals surface area contributed by atoms with Crippen molar-refractivity contribution in [2.24, 2.45) is 0 Å². The number of nitro benzene ring substituents is 1. The Morgan fingerprint density at radius 3 is 1.91 bits per heavy atom. The third-order valence-electron chi connectivity index (χ3n) is 4.13. The fraction of sp³-hybridized carbons (Fsp3) is 0. The summed E-state index contributed by atoms with van der Waals surface area (Å²) in [7, 11) is -4.07. The van der Waals surface area contributed by atoms with Crippen molar-refractivity contribution in [1.29, 1.82) is 0 Å². The van der Waals surface area contributed by atoms with Gasteiger partial charge in [0.1, 0.15) is 0 Å². The number of nitrogens with one attached hydrogen (secondary N) is 3. The van der Waals surface area contributed by atoms with E-state index in [2.05, 4.69) is 31.5 Å². The number of non-ortho nitro benzene ring substituents is 1. The summed E-state index contributed by atoms with van der Waals surface area (Å²) in [5.41, 5.74) is 4.86. The molecule has 0 bridgehead atoms. The molecule has 3 aromatic rings. The van der Waals surface area contributed by atoms with E-state index in [0.29, 0.717) is 5.56 Å². The van der Waals surface area contributed by atoms with Crippen LogP contribution in [0.3, 0.4) is 0 Å². The van der Waals surface area contributed by atoms with Gasteiger partial charge in [-0.05, 0) is 54.6 Å². The highest BCUT2D eigenvalue weighted by atomic mass is 79.9. The molecule has 0 aliphatic heterocycles. The van der Waals surface area contributed by atoms with Gasteiger partial charge in [0.2, 0.25) is 0 Å². The topological polar surface area (TPSA) is 148 Å². The molecule has 0 atom stereocenters. The lowest BCUT2D eigenvalue weighted by molar-refractivity contribution is -0.385. The molecule has 0 heterocycles. The number of rotatable bonds is 6. The Morgan fingerprint density at radius 1 is 0.844 bits per heavy atom. The molecule has 0 radical (unpaired) electrons. The number of anilines is 1. The molecule has 3 N–H and O–H groups in total. The first kappa shape index (κ1) is 22.9. The molecule has 0 aliphatic carbocycles. The minimum atomic E-state index is -4.07. The molecule has 10 nitrogen and oxygen atoms in total. The van der Waals surface area contributed by atoms with Crippen LogP contribution >= 0.6 is 15.9 Å². The zero-order valence-corrected chi connectivity index (χ0v) is 18.5. The molecule has 0 aliphatic rings. The summed E-state index contributed by atoms with van der Waals surface area (Å²) in [6, 6.07) is 16.5. The highest BCUT2D eigenvalue weighted by molar-refractivity contribution is 9.10. The van der Waals surface area contributed by atoms with Crippen LogP contribution in [0.2, 0.25) is 0 Å². The van der Waals surface area contributed by atoms with Crippen LogP contribution < -0.4 is 15.6 Å². The van der Waals surface area contributed by atoms with E-state index in [1.165, 1.54) is 42.5 Å². The second kappa shape index (κ2) is 9.58. The van der Waals surface area contributed by atoms with E-state index in [1.54, 1.807) is 24.3 Å². The highest BCUT2D eigenvalue weighted by Gasteiger charge is 2.18. The number of halogens is 1. The molecular weight excluding hydrogens is 504 g/mol. The number of sulfonamides is 1. The van der Waals surface area contributed by atoms with E-state index < -0.39 is 26.8 Å². The van der Waals surface area contributed by atoms with Crippen LogP contribution in [0.5, 0.6) is 0 Å². The maximum atomic E-state index is 12.5. The Balaban J connectivity index is 1.63. The van der Waals surface area contributed by atoms with Crippen LogP contribution in [0.4, 0.5) is 11.4 Å². The van der Waals surface area contributed by atoms with Gasteiger partial charge in [-0.3, -0.25) is 35.3 Å². The summed E-state index contributed by atoms with van der Waals surface area (Å²) >= 11 is 3.26. The Kier molecular flexibility index (Phi) is 6.85. The molecular formula is C20H15BrN4O6S. The zero-order valence-electron chi connectivity index (χ0n) is 16.1. The van der Waals surface area contributed by atoms with Crippen LogP contribution in [-0.4, -0.2) is 25.2 Å². The molecule has 0 unspecified atom stereocenters. The van der Waals surface area contributed by atoms with Crippen molar-refractivity contribution in [2.75, 3.05) is 4.72 Å². The Hall–Kier alpha value is -3.77. The van der Waals surface area contributed by atoms with E-state index in [9.17, 15) is 28.1 Å². The predicted octanol–water partition coefficient (Wildman–Crippen LogP) is 3.23. The number of nitrogens with zero attached hydrogens (tertiary/aromatic N) is 1. The Labute approximate surface area is 190 Å². The summed E-state index contributed by atoms with van der Waals surface area (Å²) in [6.07, 6.45) is 0. The van der Waals surface area contributed by atoms with Crippen molar-refractivity contribution in [1.82, 2.24) is 10.9 Å². The highest BCUT2D eigenvalue weighted by Crippen LogP contribution is 2.20. The van der Waals surface area contributed by atoms with Gasteiger partial charge in [-0.1, -0.05) is 22.0 Å². The summed E-state index contributed by atoms with van der Waals surface area (Å²) in [5, 5.41) is 10.9. The predicted molar refractivity (Wildman–Crippen MR) is 119 cm³/mol. The van der Waals surface area contributed by atoms with Gasteiger partial charge in [0.05, 0.1) is 9.82 Å². The van der Waals surface area contributed by atoms with Gasteiger partial charge in [-0.25, -0.2) is 8.42 Å². The average molecular weight is 519 g/mol. The number of carbonyl (C=O) groups excluding carboxylic acids is 2. The molecule has 3 aromatic carbocycles. The maximum Gasteiger partial charge on any atom is 0.270 e. The van der Waals surface area contributed by atoms with Crippen molar-refractivity contribution in [3.05, 3.63) is 98.5 Å². The van der Waals surface area contributed by atoms with Crippen LogP contribution in [0, 0.1) is 10.1 Å². The number of amides is 2. The standard InChI is InChI=1S/C20H15BrN4O6S/c21-15-8-4-13(5-9-15)19(26)22-23-20(27)14-6-10-16(11-7-14)24-32(30,31)18-3-1-2-17(12-18)25(28)29/h1-12,24H,(H,22,26)(H,23,27). The van der Waals surface area contributed by atoms with Crippen LogP contribution in [-0.2, 0) is 10.0 Å². The van der Waals surface area contributed by atoms with E-state index in [-0.39, 0.29) is 21.8 Å². The molecule has 164 valence electrons. The van der Waals surface area contributed by atoms with Crippen molar-refractivity contribution in [2.45, 2.75) is 4.90 Å². The number of benzene rings is 3. The summed E-state index contributed by atoms with van der Waals surface area (Å²) in [6.45, 7) is 0. The second-order valence-corrected chi connectivity index (χ2v) is 8.95. The lowest BCUT2D eigenvalue weighted by Crippen LogP contribution is -2.41. The molecule has 3 rings (SSSR count). The number of hydrogen-bond acceptors (Lipinski definition) is 6. The van der Waals surface area contributed by atoms with Gasteiger partial charge < -0.3 is 0 Å². The van der Waals surface area contributed by atoms with E-state index >= 15 is 0 Å². The van der Waals surface area contributed by atoms with Crippen molar-refractivity contribution < 1.29 is 22.9 Å². The monoisotopic (exact) mass is 518 g/mol. The number of hydrogen-bond donors (Lipinski definition) is 3. The molecule has 0 aromatic heterocycles. The third kappa shape index (κ3) is 5.68. The van der Waals surface area contributed by atoms with Gasteiger partial charge in [-0.2, -0.15) is 0 Å². The smallest absolute Gasteiger partial charge is 0.270 e. The van der Waals surface area contributed by atoms with Crippen molar-refractivity contribution in [3.63, 3.8) is 0 Å².